The Morgan fingerprint density at radius 1 is 1.21 bits per heavy atom. The number of amides is 2. The standard InChI is InChI=1S/C13H24N2O4/c1-7-4-5-10(6-8(7)2)14-13(19)15-11(9(3)16)12(17)18/h7-11,16H,4-6H2,1-3H3,(H,17,18)(H2,14,15,19)/t7?,8?,9-,10?,11+/m1/s1. The molecule has 1 saturated carbocycles. The van der Waals surface area contributed by atoms with Gasteiger partial charge in [0.15, 0.2) is 6.04 Å². The van der Waals surface area contributed by atoms with Gasteiger partial charge in [0.05, 0.1) is 6.10 Å². The summed E-state index contributed by atoms with van der Waals surface area (Å²) in [5, 5.41) is 23.2. The summed E-state index contributed by atoms with van der Waals surface area (Å²) in [6.45, 7) is 5.70. The molecule has 3 unspecified atom stereocenters. The van der Waals surface area contributed by atoms with E-state index in [1.165, 1.54) is 6.92 Å². The van der Waals surface area contributed by atoms with Crippen molar-refractivity contribution in [3.05, 3.63) is 0 Å². The molecule has 110 valence electrons. The lowest BCUT2D eigenvalue weighted by atomic mass is 9.79. The van der Waals surface area contributed by atoms with Gasteiger partial charge < -0.3 is 20.8 Å². The zero-order valence-corrected chi connectivity index (χ0v) is 11.7. The number of hydrogen-bond acceptors (Lipinski definition) is 3. The number of aliphatic hydroxyl groups excluding tert-OH is 1. The predicted octanol–water partition coefficient (Wildman–Crippen LogP) is 0.944. The summed E-state index contributed by atoms with van der Waals surface area (Å²) in [5.41, 5.74) is 0. The Morgan fingerprint density at radius 2 is 1.84 bits per heavy atom. The molecular weight excluding hydrogens is 248 g/mol. The van der Waals surface area contributed by atoms with Gasteiger partial charge >= 0.3 is 12.0 Å². The highest BCUT2D eigenvalue weighted by Crippen LogP contribution is 2.29. The van der Waals surface area contributed by atoms with Gasteiger partial charge in [0.2, 0.25) is 0 Å². The summed E-state index contributed by atoms with van der Waals surface area (Å²) >= 11 is 0. The summed E-state index contributed by atoms with van der Waals surface area (Å²) in [4.78, 5) is 22.6. The molecule has 0 spiro atoms. The van der Waals surface area contributed by atoms with E-state index in [9.17, 15) is 14.7 Å². The van der Waals surface area contributed by atoms with Gasteiger partial charge in [-0.1, -0.05) is 13.8 Å². The molecule has 5 atom stereocenters. The highest BCUT2D eigenvalue weighted by molar-refractivity contribution is 5.83. The second-order valence-corrected chi connectivity index (χ2v) is 5.64. The molecule has 2 amide bonds. The molecule has 0 bridgehead atoms. The van der Waals surface area contributed by atoms with Crippen molar-refractivity contribution in [1.82, 2.24) is 10.6 Å². The summed E-state index contributed by atoms with van der Waals surface area (Å²) < 4.78 is 0. The van der Waals surface area contributed by atoms with Gasteiger partial charge in [-0.15, -0.1) is 0 Å². The molecule has 6 heteroatoms. The van der Waals surface area contributed by atoms with Crippen molar-refractivity contribution in [1.29, 1.82) is 0 Å². The van der Waals surface area contributed by atoms with Crippen LogP contribution in [0.1, 0.15) is 40.0 Å². The first kappa shape index (κ1) is 15.8. The molecule has 0 aliphatic heterocycles. The molecule has 0 aromatic carbocycles. The average Bonchev–Trinajstić information content (AvgIpc) is 2.30. The lowest BCUT2D eigenvalue weighted by molar-refractivity contribution is -0.141. The fourth-order valence-corrected chi connectivity index (χ4v) is 2.44. The fraction of sp³-hybridized carbons (Fsp3) is 0.846. The molecule has 6 nitrogen and oxygen atoms in total. The zero-order chi connectivity index (χ0) is 14.6. The Morgan fingerprint density at radius 3 is 2.32 bits per heavy atom. The Kier molecular flexibility index (Phi) is 5.60. The van der Waals surface area contributed by atoms with Gasteiger partial charge in [-0.3, -0.25) is 0 Å². The van der Waals surface area contributed by atoms with Crippen molar-refractivity contribution in [2.75, 3.05) is 0 Å². The SMILES string of the molecule is CC1CCC(NC(=O)N[C@H](C(=O)O)[C@@H](C)O)CC1C. The van der Waals surface area contributed by atoms with Crippen LogP contribution in [0.3, 0.4) is 0 Å². The van der Waals surface area contributed by atoms with Gasteiger partial charge in [0, 0.05) is 6.04 Å². The van der Waals surface area contributed by atoms with Crippen LogP contribution in [0.4, 0.5) is 4.79 Å². The smallest absolute Gasteiger partial charge is 0.328 e. The van der Waals surface area contributed by atoms with Crippen molar-refractivity contribution >= 4 is 12.0 Å². The summed E-state index contributed by atoms with van der Waals surface area (Å²) in [5.74, 6) is -0.0350. The normalized spacial score (nSPS) is 30.2. The van der Waals surface area contributed by atoms with Gasteiger partial charge in [-0.25, -0.2) is 9.59 Å². The first-order chi connectivity index (χ1) is 8.81. The van der Waals surface area contributed by atoms with Gasteiger partial charge in [0.1, 0.15) is 0 Å². The van der Waals surface area contributed by atoms with E-state index >= 15 is 0 Å². The fourth-order valence-electron chi connectivity index (χ4n) is 2.44. The van der Waals surface area contributed by atoms with E-state index in [0.29, 0.717) is 11.8 Å². The molecule has 4 N–H and O–H groups in total. The molecule has 0 radical (unpaired) electrons. The Balaban J connectivity index is 2.44. The van der Waals surface area contributed by atoms with Crippen LogP contribution in [-0.2, 0) is 4.79 Å². The summed E-state index contributed by atoms with van der Waals surface area (Å²) in [6.07, 6.45) is 1.74. The lowest BCUT2D eigenvalue weighted by Crippen LogP contribution is -2.53. The number of carbonyl (C=O) groups is 2. The molecule has 1 aliphatic rings. The monoisotopic (exact) mass is 272 g/mol. The van der Waals surface area contributed by atoms with E-state index in [1.807, 2.05) is 0 Å². The van der Waals surface area contributed by atoms with E-state index < -0.39 is 24.1 Å². The van der Waals surface area contributed by atoms with Crippen LogP contribution in [0.25, 0.3) is 0 Å². The lowest BCUT2D eigenvalue weighted by Gasteiger charge is -2.32. The van der Waals surface area contributed by atoms with Crippen LogP contribution < -0.4 is 10.6 Å². The number of nitrogens with one attached hydrogen (secondary N) is 2. The molecule has 19 heavy (non-hydrogen) atoms. The number of aliphatic hydroxyl groups is 1. The Hall–Kier alpha value is -1.30. The molecule has 1 rings (SSSR count). The third-order valence-electron chi connectivity index (χ3n) is 3.97. The number of rotatable bonds is 4. The van der Waals surface area contributed by atoms with Crippen molar-refractivity contribution in [3.63, 3.8) is 0 Å². The van der Waals surface area contributed by atoms with Crippen molar-refractivity contribution < 1.29 is 19.8 Å². The largest absolute Gasteiger partial charge is 0.480 e. The number of carboxylic acids is 1. The van der Waals surface area contributed by atoms with Crippen molar-refractivity contribution in [3.8, 4) is 0 Å². The molecule has 1 aliphatic carbocycles. The van der Waals surface area contributed by atoms with E-state index in [4.69, 9.17) is 5.11 Å². The number of carbonyl (C=O) groups excluding carboxylic acids is 1. The number of aliphatic carboxylic acids is 1. The van der Waals surface area contributed by atoms with Crippen LogP contribution in [0.5, 0.6) is 0 Å². The minimum atomic E-state index is -1.28. The predicted molar refractivity (Wildman–Crippen MR) is 70.7 cm³/mol. The summed E-state index contributed by atoms with van der Waals surface area (Å²) in [6, 6.07) is -1.73. The highest BCUT2D eigenvalue weighted by atomic mass is 16.4. The topological polar surface area (TPSA) is 98.7 Å². The first-order valence-electron chi connectivity index (χ1n) is 6.79. The zero-order valence-electron chi connectivity index (χ0n) is 11.7. The maximum absolute atomic E-state index is 11.7. The Labute approximate surface area is 113 Å². The van der Waals surface area contributed by atoms with E-state index in [1.54, 1.807) is 0 Å². The molecule has 0 heterocycles. The maximum Gasteiger partial charge on any atom is 0.328 e. The van der Waals surface area contributed by atoms with Crippen LogP contribution in [-0.4, -0.2) is 40.4 Å². The molecule has 0 saturated heterocycles. The Bertz CT molecular complexity index is 333. The molecular formula is C13H24N2O4. The second kappa shape index (κ2) is 6.75. The molecule has 0 aromatic heterocycles. The minimum Gasteiger partial charge on any atom is -0.480 e. The van der Waals surface area contributed by atoms with Crippen LogP contribution in [0, 0.1) is 11.8 Å². The van der Waals surface area contributed by atoms with Crippen LogP contribution >= 0.6 is 0 Å². The van der Waals surface area contributed by atoms with Crippen molar-refractivity contribution in [2.45, 2.75) is 58.2 Å². The number of carboxylic acid groups (broad SMARTS) is 1. The average molecular weight is 272 g/mol. The summed E-state index contributed by atoms with van der Waals surface area (Å²) in [7, 11) is 0. The third kappa shape index (κ3) is 4.70. The minimum absolute atomic E-state index is 0.0784. The number of hydrogen-bond donors (Lipinski definition) is 4. The molecule has 0 aromatic rings. The third-order valence-corrected chi connectivity index (χ3v) is 3.97. The van der Waals surface area contributed by atoms with E-state index in [0.717, 1.165) is 19.3 Å². The van der Waals surface area contributed by atoms with Crippen molar-refractivity contribution in [2.24, 2.45) is 11.8 Å². The first-order valence-corrected chi connectivity index (χ1v) is 6.79. The van der Waals surface area contributed by atoms with Crippen LogP contribution in [0.15, 0.2) is 0 Å². The highest BCUT2D eigenvalue weighted by Gasteiger charge is 2.28. The van der Waals surface area contributed by atoms with E-state index in [2.05, 4.69) is 24.5 Å². The number of urea groups is 1. The maximum atomic E-state index is 11.7. The second-order valence-electron chi connectivity index (χ2n) is 5.64. The van der Waals surface area contributed by atoms with Gasteiger partial charge in [0.25, 0.3) is 0 Å². The van der Waals surface area contributed by atoms with Gasteiger partial charge in [-0.05, 0) is 38.0 Å². The van der Waals surface area contributed by atoms with Crippen LogP contribution in [0.2, 0.25) is 0 Å². The van der Waals surface area contributed by atoms with E-state index in [-0.39, 0.29) is 6.04 Å². The quantitative estimate of drug-likeness (QED) is 0.612. The van der Waals surface area contributed by atoms with Gasteiger partial charge in [-0.2, -0.15) is 0 Å². The molecule has 1 fully saturated rings.